The van der Waals surface area contributed by atoms with Crippen molar-refractivity contribution in [3.8, 4) is 0 Å². The van der Waals surface area contributed by atoms with Crippen molar-refractivity contribution in [3.05, 3.63) is 32.2 Å². The Morgan fingerprint density at radius 1 is 1.30 bits per heavy atom. The van der Waals surface area contributed by atoms with Crippen LogP contribution in [-0.2, 0) is 19.3 Å². The van der Waals surface area contributed by atoms with Crippen LogP contribution in [0.25, 0.3) is 0 Å². The number of halogens is 3. The molecule has 0 radical (unpaired) electrons. The van der Waals surface area contributed by atoms with Gasteiger partial charge in [-0.15, -0.1) is 22.7 Å². The van der Waals surface area contributed by atoms with E-state index < -0.39 is 11.9 Å². The number of rotatable bonds is 5. The van der Waals surface area contributed by atoms with Crippen molar-refractivity contribution in [1.29, 1.82) is 0 Å². The highest BCUT2D eigenvalue weighted by Crippen LogP contribution is 2.29. The van der Waals surface area contributed by atoms with Crippen LogP contribution in [0.2, 0.25) is 0 Å². The fraction of sp³-hybridized carbons (Fsp3) is 0.462. The second kappa shape index (κ2) is 7.73. The third-order valence-electron chi connectivity index (χ3n) is 2.82. The Hall–Kier alpha value is -1.68. The van der Waals surface area contributed by atoms with Gasteiger partial charge in [-0.1, -0.05) is 0 Å². The van der Waals surface area contributed by atoms with E-state index in [0.717, 1.165) is 27.3 Å². The number of nitrogens with one attached hydrogen (secondary N) is 2. The summed E-state index contributed by atoms with van der Waals surface area (Å²) in [4.78, 5) is 13.2. The summed E-state index contributed by atoms with van der Waals surface area (Å²) in [6.07, 6.45) is -4.41. The first-order valence-corrected chi connectivity index (χ1v) is 8.58. The molecule has 0 aliphatic carbocycles. The maximum absolute atomic E-state index is 12.5. The summed E-state index contributed by atoms with van der Waals surface area (Å²) in [6.45, 7) is 5.14. The minimum atomic E-state index is -4.41. The van der Waals surface area contributed by atoms with Crippen molar-refractivity contribution < 1.29 is 13.2 Å². The average molecular weight is 363 g/mol. The number of aromatic nitrogens is 2. The van der Waals surface area contributed by atoms with E-state index in [1.165, 1.54) is 11.3 Å². The highest BCUT2D eigenvalue weighted by molar-refractivity contribution is 7.10. The predicted octanol–water partition coefficient (Wildman–Crippen LogP) is 3.18. The predicted molar refractivity (Wildman–Crippen MR) is 85.6 cm³/mol. The van der Waals surface area contributed by atoms with E-state index in [4.69, 9.17) is 0 Å². The lowest BCUT2D eigenvalue weighted by molar-refractivity contribution is -0.140. The van der Waals surface area contributed by atoms with Gasteiger partial charge < -0.3 is 10.6 Å². The lowest BCUT2D eigenvalue weighted by Gasteiger charge is -2.09. The summed E-state index contributed by atoms with van der Waals surface area (Å²) in [5.41, 5.74) is 1.83. The topological polar surface area (TPSA) is 62.2 Å². The molecule has 0 saturated heterocycles. The molecule has 2 N–H and O–H groups in total. The Morgan fingerprint density at radius 2 is 2.09 bits per heavy atom. The van der Waals surface area contributed by atoms with Gasteiger partial charge in [-0.05, 0) is 13.8 Å². The molecule has 126 valence electrons. The van der Waals surface area contributed by atoms with Crippen LogP contribution < -0.4 is 10.6 Å². The highest BCUT2D eigenvalue weighted by atomic mass is 32.1. The summed E-state index contributed by atoms with van der Waals surface area (Å²) in [5, 5.41) is 7.41. The van der Waals surface area contributed by atoms with Crippen LogP contribution in [0, 0.1) is 6.92 Å². The molecule has 0 saturated carbocycles. The van der Waals surface area contributed by atoms with Crippen molar-refractivity contribution in [2.75, 3.05) is 6.54 Å². The van der Waals surface area contributed by atoms with Crippen molar-refractivity contribution >= 4 is 28.6 Å². The maximum atomic E-state index is 12.5. The molecular formula is C13H16F3N5S2. The standard InChI is InChI=1S/C13H16F3N5S2/c1-3-17-12(18-4-9-8(2)20-7-23-9)19-5-11-21-10(6-22-11)13(14,15)16/h6-7H,3-5H2,1-2H3,(H2,17,18,19). The molecule has 0 spiro atoms. The van der Waals surface area contributed by atoms with Gasteiger partial charge in [0, 0.05) is 16.8 Å². The van der Waals surface area contributed by atoms with E-state index in [1.807, 2.05) is 13.8 Å². The number of thiazole rings is 2. The molecule has 2 aromatic heterocycles. The molecule has 0 amide bonds. The summed E-state index contributed by atoms with van der Waals surface area (Å²) in [5.74, 6) is 0.532. The van der Waals surface area contributed by atoms with E-state index in [1.54, 1.807) is 5.51 Å². The van der Waals surface area contributed by atoms with E-state index in [9.17, 15) is 13.2 Å². The largest absolute Gasteiger partial charge is 0.434 e. The second-order valence-electron chi connectivity index (χ2n) is 4.53. The van der Waals surface area contributed by atoms with Gasteiger partial charge in [-0.25, -0.2) is 15.0 Å². The second-order valence-corrected chi connectivity index (χ2v) is 6.42. The van der Waals surface area contributed by atoms with Gasteiger partial charge in [0.15, 0.2) is 11.7 Å². The minimum absolute atomic E-state index is 0.189. The zero-order chi connectivity index (χ0) is 16.9. The first-order chi connectivity index (χ1) is 10.9. The third kappa shape index (κ3) is 5.17. The van der Waals surface area contributed by atoms with Crippen molar-refractivity contribution in [1.82, 2.24) is 20.6 Å². The number of alkyl halides is 3. The monoisotopic (exact) mass is 363 g/mol. The lowest BCUT2D eigenvalue weighted by Crippen LogP contribution is -2.36. The molecule has 0 fully saturated rings. The molecular weight excluding hydrogens is 347 g/mol. The van der Waals surface area contributed by atoms with Crippen LogP contribution in [0.5, 0.6) is 0 Å². The number of aryl methyl sites for hydroxylation is 1. The van der Waals surface area contributed by atoms with Gasteiger partial charge in [0.25, 0.3) is 0 Å². The first-order valence-electron chi connectivity index (χ1n) is 6.83. The molecule has 23 heavy (non-hydrogen) atoms. The first kappa shape index (κ1) is 17.7. The van der Waals surface area contributed by atoms with Crippen LogP contribution in [0.3, 0.4) is 0 Å². The average Bonchev–Trinajstić information content (AvgIpc) is 3.10. The fourth-order valence-corrected chi connectivity index (χ4v) is 3.09. The number of nitrogens with zero attached hydrogens (tertiary/aromatic N) is 3. The molecule has 5 nitrogen and oxygen atoms in total. The SMILES string of the molecule is CCNC(=NCc1scnc1C)NCc1nc(C(F)(F)F)cs1. The van der Waals surface area contributed by atoms with E-state index >= 15 is 0 Å². The van der Waals surface area contributed by atoms with Gasteiger partial charge in [0.05, 0.1) is 24.3 Å². The van der Waals surface area contributed by atoms with E-state index in [0.29, 0.717) is 24.1 Å². The highest BCUT2D eigenvalue weighted by Gasteiger charge is 2.33. The smallest absolute Gasteiger partial charge is 0.357 e. The molecule has 0 aromatic carbocycles. The normalized spacial score (nSPS) is 12.5. The van der Waals surface area contributed by atoms with Gasteiger partial charge in [0.2, 0.25) is 0 Å². The Bertz CT molecular complexity index is 663. The Morgan fingerprint density at radius 3 is 2.65 bits per heavy atom. The van der Waals surface area contributed by atoms with Crippen molar-refractivity contribution in [3.63, 3.8) is 0 Å². The molecule has 0 bridgehead atoms. The third-order valence-corrected chi connectivity index (χ3v) is 4.59. The van der Waals surface area contributed by atoms with Crippen LogP contribution in [0.15, 0.2) is 15.9 Å². The minimum Gasteiger partial charge on any atom is -0.357 e. The molecule has 2 aromatic rings. The van der Waals surface area contributed by atoms with Crippen LogP contribution in [0.1, 0.15) is 28.2 Å². The maximum Gasteiger partial charge on any atom is 0.434 e. The molecule has 2 rings (SSSR count). The van der Waals surface area contributed by atoms with Crippen LogP contribution >= 0.6 is 22.7 Å². The van der Waals surface area contributed by atoms with Gasteiger partial charge >= 0.3 is 6.18 Å². The Balaban J connectivity index is 1.96. The molecule has 0 aliphatic heterocycles. The molecule has 2 heterocycles. The number of hydrogen-bond acceptors (Lipinski definition) is 5. The molecule has 0 aliphatic rings. The van der Waals surface area contributed by atoms with Gasteiger partial charge in [0.1, 0.15) is 5.01 Å². The summed E-state index contributed by atoms with van der Waals surface area (Å²) < 4.78 is 37.6. The summed E-state index contributed by atoms with van der Waals surface area (Å²) >= 11 is 2.49. The fourth-order valence-electron chi connectivity index (χ4n) is 1.65. The Labute approximate surface area is 139 Å². The van der Waals surface area contributed by atoms with Crippen LogP contribution in [0.4, 0.5) is 13.2 Å². The number of hydrogen-bond donors (Lipinski definition) is 2. The number of aliphatic imine (C=N–C) groups is 1. The molecule has 0 atom stereocenters. The van der Waals surface area contributed by atoms with Gasteiger partial charge in [-0.3, -0.25) is 0 Å². The molecule has 10 heteroatoms. The Kier molecular flexibility index (Phi) is 5.94. The number of guanidine groups is 1. The summed E-state index contributed by atoms with van der Waals surface area (Å²) in [7, 11) is 0. The van der Waals surface area contributed by atoms with Crippen LogP contribution in [-0.4, -0.2) is 22.5 Å². The zero-order valence-corrected chi connectivity index (χ0v) is 14.2. The van der Waals surface area contributed by atoms with Gasteiger partial charge in [-0.2, -0.15) is 13.2 Å². The quantitative estimate of drug-likeness (QED) is 0.633. The lowest BCUT2D eigenvalue weighted by atomic mass is 10.4. The molecule has 0 unspecified atom stereocenters. The van der Waals surface area contributed by atoms with E-state index in [2.05, 4.69) is 25.6 Å². The van der Waals surface area contributed by atoms with Crippen molar-refractivity contribution in [2.24, 2.45) is 4.99 Å². The van der Waals surface area contributed by atoms with E-state index in [-0.39, 0.29) is 6.54 Å². The summed E-state index contributed by atoms with van der Waals surface area (Å²) in [6, 6.07) is 0. The van der Waals surface area contributed by atoms with Crippen molar-refractivity contribution in [2.45, 2.75) is 33.1 Å². The zero-order valence-electron chi connectivity index (χ0n) is 12.6.